The number of hydrogen-bond donors (Lipinski definition) is 2. The van der Waals surface area contributed by atoms with Crippen LogP contribution in [0.5, 0.6) is 0 Å². The Bertz CT molecular complexity index is 722. The molecule has 3 aromatic rings. The van der Waals surface area contributed by atoms with E-state index < -0.39 is 0 Å². The normalized spacial score (nSPS) is 10.7. The summed E-state index contributed by atoms with van der Waals surface area (Å²) in [4.78, 5) is 11.7. The SMILES string of the molecule is Nc1nc(N)nc(CSc2nnnn2-c2ccccc2)n1. The highest BCUT2D eigenvalue weighted by Gasteiger charge is 2.10. The van der Waals surface area contributed by atoms with E-state index in [9.17, 15) is 0 Å². The van der Waals surface area contributed by atoms with Crippen LogP contribution < -0.4 is 11.5 Å². The fraction of sp³-hybridized carbons (Fsp3) is 0.0909. The molecular formula is C11H11N9S. The molecule has 2 aromatic heterocycles. The zero-order valence-corrected chi connectivity index (χ0v) is 11.6. The van der Waals surface area contributed by atoms with Crippen molar-refractivity contribution in [1.82, 2.24) is 35.2 Å². The molecule has 0 bridgehead atoms. The van der Waals surface area contributed by atoms with Gasteiger partial charge >= 0.3 is 0 Å². The molecule has 0 fully saturated rings. The van der Waals surface area contributed by atoms with Gasteiger partial charge in [-0.3, -0.25) is 0 Å². The van der Waals surface area contributed by atoms with Gasteiger partial charge in [0.05, 0.1) is 11.4 Å². The summed E-state index contributed by atoms with van der Waals surface area (Å²) in [6.07, 6.45) is 0. The number of nitrogens with two attached hydrogens (primary N) is 2. The molecule has 0 amide bonds. The van der Waals surface area contributed by atoms with Crippen molar-refractivity contribution in [3.05, 3.63) is 36.2 Å². The van der Waals surface area contributed by atoms with Crippen LogP contribution in [0.25, 0.3) is 5.69 Å². The van der Waals surface area contributed by atoms with Crippen LogP contribution in [-0.2, 0) is 5.75 Å². The number of rotatable bonds is 4. The van der Waals surface area contributed by atoms with Gasteiger partial charge in [-0.2, -0.15) is 19.6 Å². The van der Waals surface area contributed by atoms with E-state index in [4.69, 9.17) is 11.5 Å². The van der Waals surface area contributed by atoms with E-state index in [2.05, 4.69) is 30.5 Å². The van der Waals surface area contributed by atoms with Gasteiger partial charge in [0.2, 0.25) is 17.1 Å². The van der Waals surface area contributed by atoms with Gasteiger partial charge in [0.15, 0.2) is 0 Å². The third kappa shape index (κ3) is 3.05. The number of aromatic nitrogens is 7. The molecule has 0 saturated carbocycles. The third-order valence-electron chi connectivity index (χ3n) is 2.49. The number of benzene rings is 1. The Labute approximate surface area is 123 Å². The summed E-state index contributed by atoms with van der Waals surface area (Å²) in [7, 11) is 0. The van der Waals surface area contributed by atoms with Crippen LogP contribution in [0.4, 0.5) is 11.9 Å². The van der Waals surface area contributed by atoms with Gasteiger partial charge in [-0.1, -0.05) is 30.0 Å². The quantitative estimate of drug-likeness (QED) is 0.652. The van der Waals surface area contributed by atoms with Crippen molar-refractivity contribution in [2.75, 3.05) is 11.5 Å². The van der Waals surface area contributed by atoms with Gasteiger partial charge in [-0.15, -0.1) is 5.10 Å². The first-order valence-electron chi connectivity index (χ1n) is 5.95. The Balaban J connectivity index is 1.79. The minimum Gasteiger partial charge on any atom is -0.368 e. The Hall–Kier alpha value is -2.75. The van der Waals surface area contributed by atoms with Crippen LogP contribution in [0, 0.1) is 0 Å². The highest BCUT2D eigenvalue weighted by atomic mass is 32.2. The van der Waals surface area contributed by atoms with Crippen LogP contribution in [-0.4, -0.2) is 35.2 Å². The topological polar surface area (TPSA) is 134 Å². The molecular weight excluding hydrogens is 290 g/mol. The molecule has 0 aliphatic heterocycles. The third-order valence-corrected chi connectivity index (χ3v) is 3.40. The molecule has 10 heteroatoms. The molecule has 1 aromatic carbocycles. The van der Waals surface area contributed by atoms with Gasteiger partial charge in [0, 0.05) is 0 Å². The summed E-state index contributed by atoms with van der Waals surface area (Å²) in [6.45, 7) is 0. The second-order valence-electron chi connectivity index (χ2n) is 3.97. The van der Waals surface area contributed by atoms with E-state index in [0.29, 0.717) is 16.7 Å². The second kappa shape index (κ2) is 5.71. The fourth-order valence-electron chi connectivity index (χ4n) is 1.65. The molecule has 0 unspecified atom stereocenters. The average Bonchev–Trinajstić information content (AvgIpc) is 2.93. The van der Waals surface area contributed by atoms with E-state index in [1.165, 1.54) is 11.8 Å². The van der Waals surface area contributed by atoms with Gasteiger partial charge in [0.1, 0.15) is 5.82 Å². The maximum Gasteiger partial charge on any atom is 0.225 e. The maximum absolute atomic E-state index is 5.53. The highest BCUT2D eigenvalue weighted by molar-refractivity contribution is 7.98. The minimum absolute atomic E-state index is 0.0979. The molecule has 3 rings (SSSR count). The van der Waals surface area contributed by atoms with E-state index in [-0.39, 0.29) is 11.9 Å². The lowest BCUT2D eigenvalue weighted by atomic mass is 10.3. The molecule has 0 aliphatic carbocycles. The molecule has 0 atom stereocenters. The fourth-order valence-corrected chi connectivity index (χ4v) is 2.40. The number of anilines is 2. The first kappa shape index (κ1) is 13.2. The first-order chi connectivity index (χ1) is 10.2. The van der Waals surface area contributed by atoms with Gasteiger partial charge in [-0.05, 0) is 22.6 Å². The zero-order valence-electron chi connectivity index (χ0n) is 10.8. The van der Waals surface area contributed by atoms with Crippen LogP contribution >= 0.6 is 11.8 Å². The molecule has 0 spiro atoms. The van der Waals surface area contributed by atoms with Crippen LogP contribution in [0.15, 0.2) is 35.5 Å². The predicted octanol–water partition coefficient (Wildman–Crippen LogP) is 0.304. The molecule has 21 heavy (non-hydrogen) atoms. The molecule has 0 radical (unpaired) electrons. The Morgan fingerprint density at radius 3 is 2.43 bits per heavy atom. The molecule has 2 heterocycles. The summed E-state index contributed by atoms with van der Waals surface area (Å²) >= 11 is 1.38. The summed E-state index contributed by atoms with van der Waals surface area (Å²) in [5, 5.41) is 12.3. The van der Waals surface area contributed by atoms with E-state index in [1.54, 1.807) is 4.68 Å². The van der Waals surface area contributed by atoms with Gasteiger partial charge in [0.25, 0.3) is 0 Å². The van der Waals surface area contributed by atoms with Crippen LogP contribution in [0.2, 0.25) is 0 Å². The van der Waals surface area contributed by atoms with Crippen molar-refractivity contribution in [1.29, 1.82) is 0 Å². The highest BCUT2D eigenvalue weighted by Crippen LogP contribution is 2.21. The van der Waals surface area contributed by atoms with Gasteiger partial charge in [-0.25, -0.2) is 0 Å². The van der Waals surface area contributed by atoms with E-state index >= 15 is 0 Å². The van der Waals surface area contributed by atoms with Crippen molar-refractivity contribution >= 4 is 23.7 Å². The number of nitrogen functional groups attached to an aromatic ring is 2. The lowest BCUT2D eigenvalue weighted by Gasteiger charge is -2.04. The Kier molecular flexibility index (Phi) is 3.60. The monoisotopic (exact) mass is 301 g/mol. The summed E-state index contributed by atoms with van der Waals surface area (Å²) in [5.41, 5.74) is 11.9. The van der Waals surface area contributed by atoms with Gasteiger partial charge < -0.3 is 11.5 Å². The standard InChI is InChI=1S/C11H11N9S/c12-9-14-8(15-10(13)16-9)6-21-11-17-18-19-20(11)7-4-2-1-3-5-7/h1-5H,6H2,(H4,12,13,14,15,16). The van der Waals surface area contributed by atoms with Crippen molar-refractivity contribution in [3.63, 3.8) is 0 Å². The van der Waals surface area contributed by atoms with Crippen LogP contribution in [0.1, 0.15) is 5.82 Å². The lowest BCUT2D eigenvalue weighted by Crippen LogP contribution is -2.06. The molecule has 106 valence electrons. The number of nitrogens with zero attached hydrogens (tertiary/aromatic N) is 7. The largest absolute Gasteiger partial charge is 0.368 e. The van der Waals surface area contributed by atoms with E-state index in [1.807, 2.05) is 30.3 Å². The number of para-hydroxylation sites is 1. The van der Waals surface area contributed by atoms with Crippen molar-refractivity contribution in [2.24, 2.45) is 0 Å². The molecule has 0 saturated heterocycles. The zero-order chi connectivity index (χ0) is 14.7. The second-order valence-corrected chi connectivity index (χ2v) is 4.91. The maximum atomic E-state index is 5.53. The van der Waals surface area contributed by atoms with Crippen LogP contribution in [0.3, 0.4) is 0 Å². The number of tetrazole rings is 1. The summed E-state index contributed by atoms with van der Waals surface area (Å²) < 4.78 is 1.64. The van der Waals surface area contributed by atoms with Crippen molar-refractivity contribution in [3.8, 4) is 5.69 Å². The number of thioether (sulfide) groups is 1. The Morgan fingerprint density at radius 2 is 1.71 bits per heavy atom. The smallest absolute Gasteiger partial charge is 0.225 e. The first-order valence-corrected chi connectivity index (χ1v) is 6.93. The van der Waals surface area contributed by atoms with E-state index in [0.717, 1.165) is 5.69 Å². The number of hydrogen-bond acceptors (Lipinski definition) is 9. The molecule has 9 nitrogen and oxygen atoms in total. The predicted molar refractivity (Wildman–Crippen MR) is 77.4 cm³/mol. The average molecular weight is 301 g/mol. The molecule has 4 N–H and O–H groups in total. The van der Waals surface area contributed by atoms with Crippen molar-refractivity contribution in [2.45, 2.75) is 10.9 Å². The Morgan fingerprint density at radius 1 is 1.00 bits per heavy atom. The summed E-state index contributed by atoms with van der Waals surface area (Å²) in [6, 6.07) is 9.59. The summed E-state index contributed by atoms with van der Waals surface area (Å²) in [5.74, 6) is 1.11. The lowest BCUT2D eigenvalue weighted by molar-refractivity contribution is 0.756. The minimum atomic E-state index is 0.0979. The molecule has 0 aliphatic rings. The van der Waals surface area contributed by atoms with Crippen molar-refractivity contribution < 1.29 is 0 Å².